The maximum atomic E-state index is 13.7. The molecule has 0 saturated carbocycles. The number of anilines is 1. The van der Waals surface area contributed by atoms with Gasteiger partial charge in [0.2, 0.25) is 0 Å². The van der Waals surface area contributed by atoms with Gasteiger partial charge in [-0.2, -0.15) is 0 Å². The summed E-state index contributed by atoms with van der Waals surface area (Å²) in [7, 11) is 1.30. The van der Waals surface area contributed by atoms with Crippen LogP contribution in [0.25, 0.3) is 10.2 Å². The fraction of sp³-hybridized carbons (Fsp3) is 0.167. The maximum Gasteiger partial charge on any atom is 0.338 e. The fourth-order valence-corrected chi connectivity index (χ4v) is 4.50. The number of amides is 1. The van der Waals surface area contributed by atoms with Crippen molar-refractivity contribution in [3.05, 3.63) is 88.7 Å². The van der Waals surface area contributed by atoms with E-state index in [2.05, 4.69) is 11.1 Å². The Balaban J connectivity index is 1.83. The van der Waals surface area contributed by atoms with Crippen molar-refractivity contribution in [1.82, 2.24) is 9.97 Å². The molecule has 0 spiro atoms. The summed E-state index contributed by atoms with van der Waals surface area (Å²) >= 11 is 1.46. The molecule has 0 fully saturated rings. The van der Waals surface area contributed by atoms with Crippen molar-refractivity contribution in [2.45, 2.75) is 20.4 Å². The number of aromatic nitrogens is 2. The van der Waals surface area contributed by atoms with Gasteiger partial charge in [-0.25, -0.2) is 9.78 Å². The number of fused-ring (bicyclic) bond motifs is 1. The standard InChI is InChI=1S/C24H21N3O3S/c1-15-11-16(2)21-20(12-15)26-24(31-21)27(14-17-7-6-10-25-13-17)22(28)18-8-4-5-9-19(18)23(29)30-3/h4-13H,14H2,1-3H3. The molecular weight excluding hydrogens is 410 g/mol. The molecule has 0 aliphatic heterocycles. The second-order valence-corrected chi connectivity index (χ2v) is 8.19. The number of pyridine rings is 1. The molecule has 2 aromatic carbocycles. The van der Waals surface area contributed by atoms with Crippen molar-refractivity contribution < 1.29 is 14.3 Å². The van der Waals surface area contributed by atoms with E-state index in [0.717, 1.165) is 26.9 Å². The molecule has 1 amide bonds. The van der Waals surface area contributed by atoms with E-state index in [0.29, 0.717) is 5.13 Å². The SMILES string of the molecule is COC(=O)c1ccccc1C(=O)N(Cc1cccnc1)c1nc2cc(C)cc(C)c2s1. The zero-order chi connectivity index (χ0) is 22.0. The molecule has 2 heterocycles. The molecule has 0 unspecified atom stereocenters. The van der Waals surface area contributed by atoms with Crippen molar-refractivity contribution in [3.8, 4) is 0 Å². The number of nitrogens with zero attached hydrogens (tertiary/aromatic N) is 3. The molecule has 0 radical (unpaired) electrons. The summed E-state index contributed by atoms with van der Waals surface area (Å²) in [6.45, 7) is 4.34. The van der Waals surface area contributed by atoms with Crippen LogP contribution in [0.1, 0.15) is 37.4 Å². The number of hydrogen-bond donors (Lipinski definition) is 0. The monoisotopic (exact) mass is 431 g/mol. The van der Waals surface area contributed by atoms with E-state index in [1.54, 1.807) is 41.6 Å². The minimum Gasteiger partial charge on any atom is -0.465 e. The fourth-order valence-electron chi connectivity index (χ4n) is 3.48. The Morgan fingerprint density at radius 2 is 1.84 bits per heavy atom. The summed E-state index contributed by atoms with van der Waals surface area (Å²) < 4.78 is 5.91. The smallest absolute Gasteiger partial charge is 0.338 e. The number of methoxy groups -OCH3 is 1. The van der Waals surface area contributed by atoms with E-state index in [4.69, 9.17) is 9.72 Å². The Hall–Kier alpha value is -3.58. The summed E-state index contributed by atoms with van der Waals surface area (Å²) in [4.78, 5) is 36.5. The van der Waals surface area contributed by atoms with Crippen molar-refractivity contribution >= 4 is 38.6 Å². The number of esters is 1. The van der Waals surface area contributed by atoms with Crippen LogP contribution in [0.4, 0.5) is 5.13 Å². The molecule has 0 aliphatic carbocycles. The molecule has 4 aromatic rings. The molecule has 0 bridgehead atoms. The van der Waals surface area contributed by atoms with Crippen LogP contribution < -0.4 is 4.90 Å². The molecule has 6 nitrogen and oxygen atoms in total. The van der Waals surface area contributed by atoms with Crippen LogP contribution in [0.5, 0.6) is 0 Å². The number of hydrogen-bond acceptors (Lipinski definition) is 6. The highest BCUT2D eigenvalue weighted by Gasteiger charge is 2.26. The molecule has 0 saturated heterocycles. The first-order valence-corrected chi connectivity index (χ1v) is 10.6. The third kappa shape index (κ3) is 4.18. The molecular formula is C24H21N3O3S. The van der Waals surface area contributed by atoms with Gasteiger partial charge in [0.25, 0.3) is 5.91 Å². The third-order valence-corrected chi connectivity index (χ3v) is 6.14. The van der Waals surface area contributed by atoms with Crippen molar-refractivity contribution in [3.63, 3.8) is 0 Å². The molecule has 0 atom stereocenters. The molecule has 31 heavy (non-hydrogen) atoms. The second-order valence-electron chi connectivity index (χ2n) is 7.22. The number of rotatable bonds is 5. The Morgan fingerprint density at radius 3 is 2.55 bits per heavy atom. The van der Waals surface area contributed by atoms with Gasteiger partial charge >= 0.3 is 5.97 Å². The molecule has 0 aliphatic rings. The first kappa shape index (κ1) is 20.7. The summed E-state index contributed by atoms with van der Waals surface area (Å²) in [5.41, 5.74) is 4.43. The lowest BCUT2D eigenvalue weighted by molar-refractivity contribution is 0.0597. The lowest BCUT2D eigenvalue weighted by atomic mass is 10.1. The van der Waals surface area contributed by atoms with Gasteiger partial charge in [-0.15, -0.1) is 0 Å². The number of ether oxygens (including phenoxy) is 1. The van der Waals surface area contributed by atoms with Gasteiger partial charge in [0.15, 0.2) is 5.13 Å². The zero-order valence-corrected chi connectivity index (χ0v) is 18.3. The molecule has 7 heteroatoms. The van der Waals surface area contributed by atoms with Crippen LogP contribution in [-0.2, 0) is 11.3 Å². The minimum atomic E-state index is -0.555. The molecule has 2 aromatic heterocycles. The highest BCUT2D eigenvalue weighted by atomic mass is 32.1. The Labute approximate surface area is 184 Å². The third-order valence-electron chi connectivity index (χ3n) is 4.91. The highest BCUT2D eigenvalue weighted by molar-refractivity contribution is 7.22. The lowest BCUT2D eigenvalue weighted by Crippen LogP contribution is -2.31. The van der Waals surface area contributed by atoms with Crippen LogP contribution >= 0.6 is 11.3 Å². The molecule has 156 valence electrons. The van der Waals surface area contributed by atoms with Crippen LogP contribution in [0, 0.1) is 13.8 Å². The summed E-state index contributed by atoms with van der Waals surface area (Å²) in [5, 5.41) is 0.567. The van der Waals surface area contributed by atoms with Crippen molar-refractivity contribution in [2.24, 2.45) is 0 Å². The van der Waals surface area contributed by atoms with Crippen LogP contribution in [0.15, 0.2) is 60.9 Å². The predicted molar refractivity (Wildman–Crippen MR) is 122 cm³/mol. The summed E-state index contributed by atoms with van der Waals surface area (Å²) in [5.74, 6) is -0.876. The van der Waals surface area contributed by atoms with Crippen LogP contribution in [-0.4, -0.2) is 29.0 Å². The van der Waals surface area contributed by atoms with Crippen LogP contribution in [0.2, 0.25) is 0 Å². The van der Waals surface area contributed by atoms with Gasteiger partial charge in [-0.3, -0.25) is 14.7 Å². The average molecular weight is 432 g/mol. The van der Waals surface area contributed by atoms with Gasteiger partial charge in [-0.1, -0.05) is 35.6 Å². The number of carbonyl (C=O) groups is 2. The van der Waals surface area contributed by atoms with E-state index < -0.39 is 5.97 Å². The second kappa shape index (κ2) is 8.65. The average Bonchev–Trinajstić information content (AvgIpc) is 3.21. The van der Waals surface area contributed by atoms with Crippen molar-refractivity contribution in [1.29, 1.82) is 0 Å². The van der Waals surface area contributed by atoms with Gasteiger partial charge in [-0.05, 0) is 54.8 Å². The molecule has 0 N–H and O–H groups in total. The number of thiazole rings is 1. The highest BCUT2D eigenvalue weighted by Crippen LogP contribution is 2.34. The Bertz CT molecular complexity index is 1270. The normalized spacial score (nSPS) is 10.8. The van der Waals surface area contributed by atoms with E-state index in [-0.39, 0.29) is 23.6 Å². The van der Waals surface area contributed by atoms with E-state index in [9.17, 15) is 9.59 Å². The Morgan fingerprint density at radius 1 is 1.06 bits per heavy atom. The topological polar surface area (TPSA) is 72.4 Å². The quantitative estimate of drug-likeness (QED) is 0.419. The number of carbonyl (C=O) groups excluding carboxylic acids is 2. The first-order chi connectivity index (χ1) is 15.0. The summed E-state index contributed by atoms with van der Waals surface area (Å²) in [6, 6.07) is 14.5. The van der Waals surface area contributed by atoms with Crippen LogP contribution in [0.3, 0.4) is 0 Å². The van der Waals surface area contributed by atoms with Crippen molar-refractivity contribution in [2.75, 3.05) is 12.0 Å². The van der Waals surface area contributed by atoms with E-state index in [1.165, 1.54) is 18.4 Å². The van der Waals surface area contributed by atoms with Gasteiger partial charge in [0.1, 0.15) is 0 Å². The largest absolute Gasteiger partial charge is 0.465 e. The number of aryl methyl sites for hydroxylation is 2. The maximum absolute atomic E-state index is 13.7. The van der Waals surface area contributed by atoms with Gasteiger partial charge < -0.3 is 4.74 Å². The molecule has 4 rings (SSSR count). The Kier molecular flexibility index (Phi) is 5.77. The minimum absolute atomic E-state index is 0.222. The first-order valence-electron chi connectivity index (χ1n) is 9.74. The van der Waals surface area contributed by atoms with Gasteiger partial charge in [0, 0.05) is 12.4 Å². The zero-order valence-electron chi connectivity index (χ0n) is 17.5. The summed E-state index contributed by atoms with van der Waals surface area (Å²) in [6.07, 6.45) is 3.40. The number of benzene rings is 2. The van der Waals surface area contributed by atoms with E-state index >= 15 is 0 Å². The van der Waals surface area contributed by atoms with Gasteiger partial charge in [0.05, 0.1) is 35.0 Å². The lowest BCUT2D eigenvalue weighted by Gasteiger charge is -2.21. The van der Waals surface area contributed by atoms with E-state index in [1.807, 2.05) is 32.0 Å². The predicted octanol–water partition coefficient (Wildman–Crippen LogP) is 4.94.